The lowest BCUT2D eigenvalue weighted by atomic mass is 10.1. The summed E-state index contributed by atoms with van der Waals surface area (Å²) >= 11 is 0. The first-order chi connectivity index (χ1) is 8.65. The van der Waals surface area contributed by atoms with Gasteiger partial charge in [0.05, 0.1) is 14.2 Å². The Hall–Kier alpha value is -2.66. The Kier molecular flexibility index (Phi) is 4.59. The summed E-state index contributed by atoms with van der Waals surface area (Å²) in [5, 5.41) is 26.9. The Morgan fingerprint density at radius 1 is 1.17 bits per heavy atom. The van der Waals surface area contributed by atoms with Crippen LogP contribution in [-0.2, 0) is 6.42 Å². The predicted molar refractivity (Wildman–Crippen MR) is 64.1 cm³/mol. The number of hydrogen-bond acceptors (Lipinski definition) is 5. The molecule has 1 aromatic carbocycles. The van der Waals surface area contributed by atoms with Gasteiger partial charge in [0, 0.05) is 6.42 Å². The second-order valence-corrected chi connectivity index (χ2v) is 3.41. The number of ether oxygens (including phenoxy) is 2. The van der Waals surface area contributed by atoms with Gasteiger partial charge in [-0.1, -0.05) is 6.07 Å². The third-order valence-corrected chi connectivity index (χ3v) is 2.33. The second-order valence-electron chi connectivity index (χ2n) is 3.41. The van der Waals surface area contributed by atoms with E-state index in [-0.39, 0.29) is 17.8 Å². The number of hydrogen-bond donors (Lipinski definition) is 1. The maximum atomic E-state index is 9.62. The van der Waals surface area contributed by atoms with Crippen molar-refractivity contribution >= 4 is 0 Å². The van der Waals surface area contributed by atoms with Crippen LogP contribution in [0.2, 0.25) is 0 Å². The van der Waals surface area contributed by atoms with Crippen molar-refractivity contribution in [2.75, 3.05) is 14.2 Å². The highest BCUT2D eigenvalue weighted by molar-refractivity contribution is 5.45. The van der Waals surface area contributed by atoms with Crippen LogP contribution in [0.5, 0.6) is 11.5 Å². The molecular weight excluding hydrogens is 232 g/mol. The minimum atomic E-state index is -0.287. The van der Waals surface area contributed by atoms with Crippen LogP contribution in [0.15, 0.2) is 29.5 Å². The van der Waals surface area contributed by atoms with Crippen molar-refractivity contribution in [3.8, 4) is 23.6 Å². The Morgan fingerprint density at radius 2 is 1.78 bits per heavy atom. The topological polar surface area (TPSA) is 86.3 Å². The maximum Gasteiger partial charge on any atom is 0.167 e. The molecule has 0 heterocycles. The number of nitriles is 2. The van der Waals surface area contributed by atoms with Crippen LogP contribution in [-0.4, -0.2) is 19.3 Å². The summed E-state index contributed by atoms with van der Waals surface area (Å²) in [6.07, 6.45) is 0.0941. The molecule has 0 amide bonds. The molecule has 0 aliphatic carbocycles. The zero-order valence-electron chi connectivity index (χ0n) is 10.1. The van der Waals surface area contributed by atoms with E-state index < -0.39 is 0 Å². The summed E-state index contributed by atoms with van der Waals surface area (Å²) in [6.45, 7) is 0. The third kappa shape index (κ3) is 2.93. The fraction of sp³-hybridized carbons (Fsp3) is 0.231. The van der Waals surface area contributed by atoms with E-state index in [1.165, 1.54) is 14.2 Å². The molecule has 0 aliphatic rings. The van der Waals surface area contributed by atoms with Crippen LogP contribution in [0.3, 0.4) is 0 Å². The largest absolute Gasteiger partial charge is 0.510 e. The molecule has 5 heteroatoms. The molecule has 0 fully saturated rings. The van der Waals surface area contributed by atoms with Gasteiger partial charge in [-0.3, -0.25) is 0 Å². The number of rotatable bonds is 4. The monoisotopic (exact) mass is 244 g/mol. The minimum absolute atomic E-state index is 0.0941. The van der Waals surface area contributed by atoms with E-state index in [9.17, 15) is 5.11 Å². The van der Waals surface area contributed by atoms with Gasteiger partial charge in [0.1, 0.15) is 17.9 Å². The molecule has 0 bridgehead atoms. The number of benzene rings is 1. The highest BCUT2D eigenvalue weighted by Crippen LogP contribution is 2.28. The van der Waals surface area contributed by atoms with Crippen molar-refractivity contribution in [3.05, 3.63) is 35.1 Å². The van der Waals surface area contributed by atoms with Crippen LogP contribution in [0, 0.1) is 22.7 Å². The van der Waals surface area contributed by atoms with Crippen LogP contribution in [0.1, 0.15) is 5.56 Å². The summed E-state index contributed by atoms with van der Waals surface area (Å²) in [6, 6.07) is 8.37. The highest BCUT2D eigenvalue weighted by Gasteiger charge is 2.09. The molecular formula is C13H12N2O3. The first kappa shape index (κ1) is 13.4. The van der Waals surface area contributed by atoms with Crippen molar-refractivity contribution in [1.29, 1.82) is 10.5 Å². The zero-order valence-corrected chi connectivity index (χ0v) is 10.1. The van der Waals surface area contributed by atoms with Crippen molar-refractivity contribution in [1.82, 2.24) is 0 Å². The Balaban J connectivity index is 3.04. The maximum absolute atomic E-state index is 9.62. The summed E-state index contributed by atoms with van der Waals surface area (Å²) in [5.41, 5.74) is 0.429. The SMILES string of the molecule is COc1ccc(CC(O)=C(C#N)C#N)cc1OC. The van der Waals surface area contributed by atoms with Gasteiger partial charge in [0.25, 0.3) is 0 Å². The van der Waals surface area contributed by atoms with Crippen LogP contribution >= 0.6 is 0 Å². The molecule has 18 heavy (non-hydrogen) atoms. The fourth-order valence-electron chi connectivity index (χ4n) is 1.43. The molecule has 0 atom stereocenters. The van der Waals surface area contributed by atoms with Gasteiger partial charge in [0.2, 0.25) is 0 Å². The van der Waals surface area contributed by atoms with Crippen molar-refractivity contribution < 1.29 is 14.6 Å². The number of aliphatic hydroxyl groups excluding tert-OH is 1. The number of nitrogens with zero attached hydrogens (tertiary/aromatic N) is 2. The Labute approximate surface area is 105 Å². The lowest BCUT2D eigenvalue weighted by molar-refractivity contribution is 0.354. The summed E-state index contributed by atoms with van der Waals surface area (Å²) in [4.78, 5) is 0. The molecule has 0 saturated heterocycles. The van der Waals surface area contributed by atoms with E-state index in [1.54, 1.807) is 30.3 Å². The van der Waals surface area contributed by atoms with E-state index in [2.05, 4.69) is 0 Å². The lowest BCUT2D eigenvalue weighted by Crippen LogP contribution is -1.96. The van der Waals surface area contributed by atoms with Gasteiger partial charge in [-0.25, -0.2) is 0 Å². The van der Waals surface area contributed by atoms with Crippen LogP contribution in [0.4, 0.5) is 0 Å². The molecule has 0 radical (unpaired) electrons. The zero-order chi connectivity index (χ0) is 13.5. The van der Waals surface area contributed by atoms with E-state index >= 15 is 0 Å². The molecule has 0 unspecified atom stereocenters. The summed E-state index contributed by atoms with van der Waals surface area (Å²) in [5.74, 6) is 0.844. The van der Waals surface area contributed by atoms with Gasteiger partial charge in [-0.05, 0) is 17.7 Å². The van der Waals surface area contributed by atoms with Gasteiger partial charge >= 0.3 is 0 Å². The molecule has 0 aromatic heterocycles. The Bertz CT molecular complexity index is 534. The molecule has 1 aromatic rings. The summed E-state index contributed by atoms with van der Waals surface area (Å²) < 4.78 is 10.2. The first-order valence-electron chi connectivity index (χ1n) is 5.09. The van der Waals surface area contributed by atoms with E-state index in [0.29, 0.717) is 17.1 Å². The number of methoxy groups -OCH3 is 2. The Morgan fingerprint density at radius 3 is 2.28 bits per heavy atom. The smallest absolute Gasteiger partial charge is 0.167 e. The van der Waals surface area contributed by atoms with Crippen molar-refractivity contribution in [2.45, 2.75) is 6.42 Å². The normalized spacial score (nSPS) is 8.89. The number of aliphatic hydroxyl groups is 1. The lowest BCUT2D eigenvalue weighted by Gasteiger charge is -2.09. The molecule has 0 spiro atoms. The molecule has 1 N–H and O–H groups in total. The van der Waals surface area contributed by atoms with Gasteiger partial charge in [-0.2, -0.15) is 10.5 Å². The molecule has 0 saturated carbocycles. The highest BCUT2D eigenvalue weighted by atomic mass is 16.5. The average molecular weight is 244 g/mol. The molecule has 5 nitrogen and oxygen atoms in total. The van der Waals surface area contributed by atoms with E-state index in [0.717, 1.165) is 0 Å². The van der Waals surface area contributed by atoms with E-state index in [1.807, 2.05) is 0 Å². The molecule has 0 aliphatic heterocycles. The van der Waals surface area contributed by atoms with Crippen molar-refractivity contribution in [2.24, 2.45) is 0 Å². The van der Waals surface area contributed by atoms with Gasteiger partial charge in [-0.15, -0.1) is 0 Å². The number of allylic oxidation sites excluding steroid dienone is 2. The first-order valence-corrected chi connectivity index (χ1v) is 5.09. The molecule has 1 rings (SSSR count). The fourth-order valence-corrected chi connectivity index (χ4v) is 1.43. The standard InChI is InChI=1S/C13H12N2O3/c1-17-12-4-3-9(6-13(12)18-2)5-11(16)10(7-14)8-15/h3-4,6,16H,5H2,1-2H3. The minimum Gasteiger partial charge on any atom is -0.510 e. The van der Waals surface area contributed by atoms with Gasteiger partial charge in [0.15, 0.2) is 17.1 Å². The van der Waals surface area contributed by atoms with Crippen LogP contribution in [0.25, 0.3) is 0 Å². The predicted octanol–water partition coefficient (Wildman–Crippen LogP) is 2.11. The average Bonchev–Trinajstić information content (AvgIpc) is 2.40. The van der Waals surface area contributed by atoms with Crippen LogP contribution < -0.4 is 9.47 Å². The van der Waals surface area contributed by atoms with Crippen molar-refractivity contribution in [3.63, 3.8) is 0 Å². The summed E-state index contributed by atoms with van der Waals surface area (Å²) in [7, 11) is 3.03. The molecule has 92 valence electrons. The van der Waals surface area contributed by atoms with Gasteiger partial charge < -0.3 is 14.6 Å². The second kappa shape index (κ2) is 6.17. The van der Waals surface area contributed by atoms with E-state index in [4.69, 9.17) is 20.0 Å². The third-order valence-electron chi connectivity index (χ3n) is 2.33. The quantitative estimate of drug-likeness (QED) is 0.647.